The third-order valence-electron chi connectivity index (χ3n) is 4.14. The van der Waals surface area contributed by atoms with E-state index in [0.717, 1.165) is 29.9 Å². The van der Waals surface area contributed by atoms with Gasteiger partial charge in [0.15, 0.2) is 5.16 Å². The van der Waals surface area contributed by atoms with Crippen molar-refractivity contribution in [3.8, 4) is 0 Å². The van der Waals surface area contributed by atoms with Crippen molar-refractivity contribution < 1.29 is 0 Å². The average molecular weight is 309 g/mol. The van der Waals surface area contributed by atoms with Crippen LogP contribution >= 0.6 is 11.8 Å². The van der Waals surface area contributed by atoms with Crippen molar-refractivity contribution in [2.75, 3.05) is 50.1 Å². The van der Waals surface area contributed by atoms with E-state index in [1.807, 2.05) is 12.3 Å². The first-order chi connectivity index (χ1) is 10.0. The number of hydrogen-bond donors (Lipinski definition) is 2. The molecule has 118 valence electrons. The molecule has 0 atom stereocenters. The minimum atomic E-state index is 0.356. The van der Waals surface area contributed by atoms with E-state index in [2.05, 4.69) is 46.4 Å². The van der Waals surface area contributed by atoms with Crippen LogP contribution in [-0.2, 0) is 0 Å². The second-order valence-electron chi connectivity index (χ2n) is 6.12. The van der Waals surface area contributed by atoms with Crippen LogP contribution in [0.25, 0.3) is 0 Å². The van der Waals surface area contributed by atoms with Crippen molar-refractivity contribution >= 4 is 23.4 Å². The molecule has 2 heterocycles. The summed E-state index contributed by atoms with van der Waals surface area (Å²) < 4.78 is 0. The number of anilines is 2. The van der Waals surface area contributed by atoms with Crippen LogP contribution in [0.2, 0.25) is 0 Å². The fraction of sp³-hybridized carbons (Fsp3) is 0.733. The van der Waals surface area contributed by atoms with Gasteiger partial charge in [-0.05, 0) is 51.6 Å². The van der Waals surface area contributed by atoms with Gasteiger partial charge in [0.2, 0.25) is 0 Å². The fourth-order valence-electron chi connectivity index (χ4n) is 2.52. The van der Waals surface area contributed by atoms with Crippen LogP contribution in [0, 0.1) is 5.41 Å². The van der Waals surface area contributed by atoms with Gasteiger partial charge < -0.3 is 15.5 Å². The molecule has 1 aromatic rings. The predicted molar refractivity (Wildman–Crippen MR) is 91.3 cm³/mol. The highest BCUT2D eigenvalue weighted by atomic mass is 32.2. The first-order valence-electron chi connectivity index (χ1n) is 7.64. The van der Waals surface area contributed by atoms with Crippen molar-refractivity contribution in [1.82, 2.24) is 14.9 Å². The molecule has 21 heavy (non-hydrogen) atoms. The van der Waals surface area contributed by atoms with E-state index in [1.165, 1.54) is 25.9 Å². The maximum absolute atomic E-state index is 4.55. The third-order valence-corrected chi connectivity index (χ3v) is 4.68. The second-order valence-corrected chi connectivity index (χ2v) is 6.90. The molecule has 0 aliphatic carbocycles. The minimum Gasteiger partial charge on any atom is -0.370 e. The van der Waals surface area contributed by atoms with E-state index in [0.29, 0.717) is 5.41 Å². The first kappa shape index (κ1) is 16.4. The van der Waals surface area contributed by atoms with Crippen LogP contribution < -0.4 is 10.6 Å². The molecule has 0 unspecified atom stereocenters. The number of nitrogens with zero attached hydrogens (tertiary/aromatic N) is 3. The molecule has 5 nitrogen and oxygen atoms in total. The van der Waals surface area contributed by atoms with E-state index in [1.54, 1.807) is 11.8 Å². The molecule has 0 amide bonds. The zero-order valence-electron chi connectivity index (χ0n) is 13.6. The largest absolute Gasteiger partial charge is 0.370 e. The number of hydrogen-bond acceptors (Lipinski definition) is 6. The van der Waals surface area contributed by atoms with E-state index in [4.69, 9.17) is 0 Å². The van der Waals surface area contributed by atoms with Crippen molar-refractivity contribution in [3.05, 3.63) is 6.07 Å². The van der Waals surface area contributed by atoms with Gasteiger partial charge >= 0.3 is 0 Å². The van der Waals surface area contributed by atoms with Gasteiger partial charge in [-0.3, -0.25) is 0 Å². The monoisotopic (exact) mass is 309 g/mol. The molecule has 0 bridgehead atoms. The first-order valence-corrected chi connectivity index (χ1v) is 8.86. The molecule has 1 fully saturated rings. The maximum atomic E-state index is 4.55. The number of aromatic nitrogens is 2. The van der Waals surface area contributed by atoms with E-state index in [9.17, 15) is 0 Å². The Morgan fingerprint density at radius 3 is 2.43 bits per heavy atom. The molecular formula is C15H27N5S. The zero-order valence-corrected chi connectivity index (χ0v) is 14.4. The Bertz CT molecular complexity index is 457. The van der Waals surface area contributed by atoms with E-state index >= 15 is 0 Å². The smallest absolute Gasteiger partial charge is 0.191 e. The van der Waals surface area contributed by atoms with Crippen LogP contribution in [0.5, 0.6) is 0 Å². The average Bonchev–Trinajstić information content (AvgIpc) is 2.49. The highest BCUT2D eigenvalue weighted by Gasteiger charge is 2.28. The Hall–Kier alpha value is -1.01. The molecule has 0 aromatic carbocycles. The summed E-state index contributed by atoms with van der Waals surface area (Å²) in [6, 6.07) is 2.00. The lowest BCUT2D eigenvalue weighted by Gasteiger charge is -2.38. The molecule has 1 aromatic heterocycles. The molecule has 0 saturated carbocycles. The predicted octanol–water partition coefficient (Wildman–Crippen LogP) is 2.77. The van der Waals surface area contributed by atoms with Crippen LogP contribution in [0.1, 0.15) is 26.7 Å². The summed E-state index contributed by atoms with van der Waals surface area (Å²) in [5.74, 6) is 1.82. The summed E-state index contributed by atoms with van der Waals surface area (Å²) in [7, 11) is 2.20. The van der Waals surface area contributed by atoms with Crippen molar-refractivity contribution in [3.63, 3.8) is 0 Å². The molecule has 1 aliphatic rings. The Morgan fingerprint density at radius 2 is 1.86 bits per heavy atom. The summed E-state index contributed by atoms with van der Waals surface area (Å²) in [6.07, 6.45) is 4.47. The van der Waals surface area contributed by atoms with Gasteiger partial charge in [0.1, 0.15) is 11.6 Å². The Kier molecular flexibility index (Phi) is 5.70. The van der Waals surface area contributed by atoms with Crippen LogP contribution in [-0.4, -0.2) is 54.4 Å². The zero-order chi connectivity index (χ0) is 15.3. The van der Waals surface area contributed by atoms with Crippen molar-refractivity contribution in [2.45, 2.75) is 31.8 Å². The highest BCUT2D eigenvalue weighted by Crippen LogP contribution is 2.30. The Labute approximate surface area is 132 Å². The second kappa shape index (κ2) is 7.31. The summed E-state index contributed by atoms with van der Waals surface area (Å²) in [5.41, 5.74) is 0.356. The van der Waals surface area contributed by atoms with Crippen LogP contribution in [0.3, 0.4) is 0 Å². The lowest BCUT2D eigenvalue weighted by molar-refractivity contribution is 0.150. The van der Waals surface area contributed by atoms with Gasteiger partial charge in [-0.25, -0.2) is 9.97 Å². The molecule has 1 saturated heterocycles. The summed E-state index contributed by atoms with van der Waals surface area (Å²) in [4.78, 5) is 11.4. The normalized spacial score (nSPS) is 18.5. The standard InChI is InChI=1S/C15H27N5S/c1-5-16-12-10-13(19-14(18-12)21-4)17-11-15(2)6-8-20(3)9-7-15/h10H,5-9,11H2,1-4H3,(H2,16,17,18,19). The number of piperidine rings is 1. The molecule has 0 spiro atoms. The lowest BCUT2D eigenvalue weighted by atomic mass is 9.80. The van der Waals surface area contributed by atoms with Crippen molar-refractivity contribution in [2.24, 2.45) is 5.41 Å². The minimum absolute atomic E-state index is 0.356. The lowest BCUT2D eigenvalue weighted by Crippen LogP contribution is -2.40. The number of nitrogens with one attached hydrogen (secondary N) is 2. The molecule has 2 N–H and O–H groups in total. The van der Waals surface area contributed by atoms with Crippen molar-refractivity contribution in [1.29, 1.82) is 0 Å². The Balaban J connectivity index is 2.00. The van der Waals surface area contributed by atoms with E-state index in [-0.39, 0.29) is 0 Å². The summed E-state index contributed by atoms with van der Waals surface area (Å²) in [6.45, 7) is 8.65. The maximum Gasteiger partial charge on any atom is 0.191 e. The summed E-state index contributed by atoms with van der Waals surface area (Å²) >= 11 is 1.57. The molecular weight excluding hydrogens is 282 g/mol. The van der Waals surface area contributed by atoms with Gasteiger partial charge in [0.05, 0.1) is 0 Å². The number of likely N-dealkylation sites (tertiary alicyclic amines) is 1. The molecule has 1 aliphatic heterocycles. The fourth-order valence-corrected chi connectivity index (χ4v) is 2.90. The number of thioether (sulfide) groups is 1. The molecule has 6 heteroatoms. The molecule has 2 rings (SSSR count). The third kappa shape index (κ3) is 4.74. The van der Waals surface area contributed by atoms with E-state index < -0.39 is 0 Å². The van der Waals surface area contributed by atoms with Gasteiger partial charge in [-0.15, -0.1) is 0 Å². The topological polar surface area (TPSA) is 53.1 Å². The van der Waals surface area contributed by atoms with Crippen LogP contribution in [0.4, 0.5) is 11.6 Å². The SMILES string of the molecule is CCNc1cc(NCC2(C)CCN(C)CC2)nc(SC)n1. The highest BCUT2D eigenvalue weighted by molar-refractivity contribution is 7.98. The Morgan fingerprint density at radius 1 is 1.24 bits per heavy atom. The van der Waals surface area contributed by atoms with Crippen LogP contribution in [0.15, 0.2) is 11.2 Å². The summed E-state index contributed by atoms with van der Waals surface area (Å²) in [5, 5.41) is 7.59. The van der Waals surface area contributed by atoms with Gasteiger partial charge in [0.25, 0.3) is 0 Å². The quantitative estimate of drug-likeness (QED) is 0.622. The van der Waals surface area contributed by atoms with Gasteiger partial charge in [0, 0.05) is 19.2 Å². The van der Waals surface area contributed by atoms with Gasteiger partial charge in [-0.2, -0.15) is 0 Å². The van der Waals surface area contributed by atoms with Gasteiger partial charge in [-0.1, -0.05) is 18.7 Å². The number of rotatable bonds is 6. The molecule has 0 radical (unpaired) electrons.